The maximum Gasteiger partial charge on any atom is 0.321 e. The van der Waals surface area contributed by atoms with E-state index in [9.17, 15) is 9.90 Å². The van der Waals surface area contributed by atoms with Gasteiger partial charge < -0.3 is 5.11 Å². The second-order valence-electron chi connectivity index (χ2n) is 5.14. The van der Waals surface area contributed by atoms with E-state index in [-0.39, 0.29) is 17.5 Å². The number of likely N-dealkylation sites (tertiary alicyclic amines) is 1. The summed E-state index contributed by atoms with van der Waals surface area (Å²) in [6.07, 6.45) is 2.22. The largest absolute Gasteiger partial charge is 0.480 e. The summed E-state index contributed by atoms with van der Waals surface area (Å²) in [5, 5.41) is 9.19. The Morgan fingerprint density at radius 1 is 1.43 bits per heavy atom. The van der Waals surface area contributed by atoms with Gasteiger partial charge in [0.25, 0.3) is 0 Å². The third-order valence-corrected chi connectivity index (χ3v) is 3.19. The number of aliphatic carboxylic acids is 1. The topological polar surface area (TPSA) is 40.5 Å². The van der Waals surface area contributed by atoms with Crippen LogP contribution in [0.15, 0.2) is 0 Å². The van der Waals surface area contributed by atoms with Crippen LogP contribution in [0.5, 0.6) is 0 Å². The molecule has 1 aliphatic rings. The number of rotatable bonds is 3. The lowest BCUT2D eigenvalue weighted by atomic mass is 9.96. The summed E-state index contributed by atoms with van der Waals surface area (Å²) < 4.78 is 0. The molecule has 3 heteroatoms. The highest BCUT2D eigenvalue weighted by Crippen LogP contribution is 2.32. The van der Waals surface area contributed by atoms with Gasteiger partial charge in [-0.25, -0.2) is 0 Å². The van der Waals surface area contributed by atoms with Gasteiger partial charge in [-0.15, -0.1) is 0 Å². The van der Waals surface area contributed by atoms with Gasteiger partial charge in [0.1, 0.15) is 6.04 Å². The lowest BCUT2D eigenvalue weighted by Gasteiger charge is -2.38. The van der Waals surface area contributed by atoms with E-state index in [2.05, 4.69) is 18.7 Å². The maximum atomic E-state index is 11.2. The van der Waals surface area contributed by atoms with Crippen LogP contribution in [0.4, 0.5) is 0 Å². The fourth-order valence-electron chi connectivity index (χ4n) is 2.42. The van der Waals surface area contributed by atoms with Crippen molar-refractivity contribution in [3.8, 4) is 0 Å². The molecule has 0 spiro atoms. The summed E-state index contributed by atoms with van der Waals surface area (Å²) in [5.41, 5.74) is 0.0489. The number of carboxylic acid groups (broad SMARTS) is 1. The predicted octanol–water partition coefficient (Wildman–Crippen LogP) is 1.97. The lowest BCUT2D eigenvalue weighted by molar-refractivity contribution is -0.146. The van der Waals surface area contributed by atoms with Crippen LogP contribution in [0, 0.1) is 5.92 Å². The van der Waals surface area contributed by atoms with Crippen molar-refractivity contribution in [2.75, 3.05) is 6.54 Å². The van der Waals surface area contributed by atoms with Crippen LogP contribution in [0.1, 0.15) is 40.5 Å². The van der Waals surface area contributed by atoms with E-state index in [1.807, 2.05) is 13.8 Å². The van der Waals surface area contributed by atoms with E-state index in [1.54, 1.807) is 0 Å². The van der Waals surface area contributed by atoms with Gasteiger partial charge in [-0.1, -0.05) is 13.8 Å². The molecule has 1 atom stereocenters. The zero-order chi connectivity index (χ0) is 10.9. The molecule has 0 aromatic carbocycles. The molecule has 0 saturated carbocycles. The van der Waals surface area contributed by atoms with E-state index in [0.29, 0.717) is 0 Å². The first-order valence-electron chi connectivity index (χ1n) is 5.36. The fraction of sp³-hybridized carbons (Fsp3) is 0.909. The Morgan fingerprint density at radius 2 is 2.00 bits per heavy atom. The zero-order valence-electron chi connectivity index (χ0n) is 9.58. The van der Waals surface area contributed by atoms with Crippen molar-refractivity contribution >= 4 is 5.97 Å². The van der Waals surface area contributed by atoms with Gasteiger partial charge in [-0.05, 0) is 39.2 Å². The molecule has 1 fully saturated rings. The average molecular weight is 199 g/mol. The minimum atomic E-state index is -0.685. The van der Waals surface area contributed by atoms with Crippen LogP contribution in [0.3, 0.4) is 0 Å². The van der Waals surface area contributed by atoms with Gasteiger partial charge in [0.2, 0.25) is 0 Å². The normalized spacial score (nSPS) is 24.1. The first-order valence-corrected chi connectivity index (χ1v) is 5.36. The van der Waals surface area contributed by atoms with Crippen LogP contribution >= 0.6 is 0 Å². The predicted molar refractivity (Wildman–Crippen MR) is 56.3 cm³/mol. The minimum Gasteiger partial charge on any atom is -0.480 e. The highest BCUT2D eigenvalue weighted by atomic mass is 16.4. The van der Waals surface area contributed by atoms with Gasteiger partial charge in [0.15, 0.2) is 0 Å². The minimum absolute atomic E-state index is 0.0489. The van der Waals surface area contributed by atoms with Crippen LogP contribution in [-0.4, -0.2) is 34.1 Å². The van der Waals surface area contributed by atoms with Gasteiger partial charge in [-0.3, -0.25) is 9.69 Å². The number of carboxylic acids is 1. The van der Waals surface area contributed by atoms with E-state index < -0.39 is 5.97 Å². The molecule has 0 radical (unpaired) electrons. The van der Waals surface area contributed by atoms with Crippen molar-refractivity contribution in [2.45, 2.75) is 52.1 Å². The number of carbonyl (C=O) groups is 1. The van der Waals surface area contributed by atoms with Gasteiger partial charge in [0, 0.05) is 5.54 Å². The quantitative estimate of drug-likeness (QED) is 0.755. The van der Waals surface area contributed by atoms with E-state index in [1.165, 1.54) is 0 Å². The number of nitrogens with zero attached hydrogens (tertiary/aromatic N) is 1. The molecule has 0 aromatic heterocycles. The van der Waals surface area contributed by atoms with Crippen molar-refractivity contribution in [3.63, 3.8) is 0 Å². The molecular weight excluding hydrogens is 178 g/mol. The smallest absolute Gasteiger partial charge is 0.321 e. The van der Waals surface area contributed by atoms with E-state index in [4.69, 9.17) is 0 Å². The molecule has 1 saturated heterocycles. The average Bonchev–Trinajstić information content (AvgIpc) is 2.29. The Bertz CT molecular complexity index is 223. The Kier molecular flexibility index (Phi) is 3.20. The maximum absolute atomic E-state index is 11.2. The summed E-state index contributed by atoms with van der Waals surface area (Å²) >= 11 is 0. The summed E-state index contributed by atoms with van der Waals surface area (Å²) in [7, 11) is 0. The van der Waals surface area contributed by atoms with Crippen LogP contribution in [0.25, 0.3) is 0 Å². The summed E-state index contributed by atoms with van der Waals surface area (Å²) in [6, 6.07) is -0.326. The molecule has 1 N–H and O–H groups in total. The Balaban J connectivity index is 2.83. The third kappa shape index (κ3) is 2.08. The van der Waals surface area contributed by atoms with Crippen LogP contribution in [0.2, 0.25) is 0 Å². The monoisotopic (exact) mass is 199 g/mol. The fourth-order valence-corrected chi connectivity index (χ4v) is 2.42. The van der Waals surface area contributed by atoms with Crippen molar-refractivity contribution < 1.29 is 9.90 Å². The van der Waals surface area contributed by atoms with E-state index >= 15 is 0 Å². The molecule has 1 unspecified atom stereocenters. The lowest BCUT2D eigenvalue weighted by Crippen LogP contribution is -2.51. The zero-order valence-corrected chi connectivity index (χ0v) is 9.58. The van der Waals surface area contributed by atoms with Crippen molar-refractivity contribution in [1.29, 1.82) is 0 Å². The number of hydrogen-bond acceptors (Lipinski definition) is 2. The third-order valence-electron chi connectivity index (χ3n) is 3.19. The Hall–Kier alpha value is -0.570. The van der Waals surface area contributed by atoms with E-state index in [0.717, 1.165) is 19.4 Å². The molecule has 1 heterocycles. The Morgan fingerprint density at radius 3 is 2.29 bits per heavy atom. The highest BCUT2D eigenvalue weighted by molar-refractivity contribution is 5.74. The second kappa shape index (κ2) is 3.89. The SMILES string of the molecule is CC(C)C(C(=O)O)N1CCCC1(C)C. The molecule has 0 aliphatic carbocycles. The number of hydrogen-bond donors (Lipinski definition) is 1. The molecule has 1 aliphatic heterocycles. The first-order chi connectivity index (χ1) is 6.36. The molecule has 0 aromatic rings. The highest BCUT2D eigenvalue weighted by Gasteiger charge is 2.41. The molecule has 3 nitrogen and oxygen atoms in total. The standard InChI is InChI=1S/C11H21NO2/c1-8(2)9(10(13)14)12-7-5-6-11(12,3)4/h8-9H,5-7H2,1-4H3,(H,13,14). The molecule has 1 rings (SSSR count). The second-order valence-corrected chi connectivity index (χ2v) is 5.14. The van der Waals surface area contributed by atoms with Gasteiger partial charge in [0.05, 0.1) is 0 Å². The van der Waals surface area contributed by atoms with Crippen LogP contribution < -0.4 is 0 Å². The van der Waals surface area contributed by atoms with Gasteiger partial charge >= 0.3 is 5.97 Å². The van der Waals surface area contributed by atoms with Crippen molar-refractivity contribution in [2.24, 2.45) is 5.92 Å². The first kappa shape index (κ1) is 11.5. The molecular formula is C11H21NO2. The van der Waals surface area contributed by atoms with Crippen molar-refractivity contribution in [1.82, 2.24) is 4.90 Å². The molecule has 82 valence electrons. The summed E-state index contributed by atoms with van der Waals surface area (Å²) in [5.74, 6) is -0.514. The van der Waals surface area contributed by atoms with Gasteiger partial charge in [-0.2, -0.15) is 0 Å². The Labute approximate surface area is 86.1 Å². The summed E-state index contributed by atoms with van der Waals surface area (Å²) in [4.78, 5) is 13.3. The molecule has 0 amide bonds. The molecule has 0 bridgehead atoms. The molecule has 14 heavy (non-hydrogen) atoms. The summed E-state index contributed by atoms with van der Waals surface area (Å²) in [6.45, 7) is 9.15. The van der Waals surface area contributed by atoms with Crippen molar-refractivity contribution in [3.05, 3.63) is 0 Å². The van der Waals surface area contributed by atoms with Crippen LogP contribution in [-0.2, 0) is 4.79 Å².